The van der Waals surface area contributed by atoms with Crippen LogP contribution in [0.15, 0.2) is 6.07 Å². The quantitative estimate of drug-likeness (QED) is 0.912. The van der Waals surface area contributed by atoms with Crippen LogP contribution in [0.3, 0.4) is 0 Å². The molecule has 0 amide bonds. The molecular weight excluding hydrogens is 252 g/mol. The molecule has 106 valence electrons. The van der Waals surface area contributed by atoms with Crippen LogP contribution >= 0.6 is 11.3 Å². The fourth-order valence-electron chi connectivity index (χ4n) is 3.34. The fraction of sp³-hybridized carbons (Fsp3) is 0.750. The van der Waals surface area contributed by atoms with E-state index in [1.807, 2.05) is 0 Å². The highest BCUT2D eigenvalue weighted by molar-refractivity contribution is 7.12. The molecular formula is C16H26N2S. The van der Waals surface area contributed by atoms with Gasteiger partial charge in [0.2, 0.25) is 0 Å². The van der Waals surface area contributed by atoms with Gasteiger partial charge in [-0.1, -0.05) is 0 Å². The zero-order chi connectivity index (χ0) is 13.2. The second kappa shape index (κ2) is 5.94. The Kier molecular flexibility index (Phi) is 4.25. The second-order valence-electron chi connectivity index (χ2n) is 6.27. The van der Waals surface area contributed by atoms with E-state index in [0.29, 0.717) is 12.1 Å². The molecule has 19 heavy (non-hydrogen) atoms. The van der Waals surface area contributed by atoms with Gasteiger partial charge in [0.25, 0.3) is 0 Å². The molecule has 1 N–H and O–H groups in total. The number of piperidine rings is 1. The lowest BCUT2D eigenvalue weighted by atomic mass is 9.98. The molecule has 0 saturated carbocycles. The Morgan fingerprint density at radius 3 is 2.74 bits per heavy atom. The average Bonchev–Trinajstić information content (AvgIpc) is 2.85. The number of thiophene rings is 1. The van der Waals surface area contributed by atoms with Crippen molar-refractivity contribution in [2.24, 2.45) is 0 Å². The summed E-state index contributed by atoms with van der Waals surface area (Å²) in [6.07, 6.45) is 8.01. The molecule has 1 aromatic heterocycles. The normalized spacial score (nSPS) is 23.3. The van der Waals surface area contributed by atoms with Crippen LogP contribution in [0.2, 0.25) is 0 Å². The standard InChI is InChI=1S/C16H26N2S/c1-12(17-14-7-9-18(2)10-8-14)16-11-13-5-3-4-6-15(13)19-16/h11-12,14,17H,3-10H2,1-2H3. The summed E-state index contributed by atoms with van der Waals surface area (Å²) in [6, 6.07) is 3.72. The van der Waals surface area contributed by atoms with Gasteiger partial charge >= 0.3 is 0 Å². The number of fused-ring (bicyclic) bond motifs is 1. The molecule has 0 bridgehead atoms. The van der Waals surface area contributed by atoms with E-state index in [2.05, 4.69) is 41.6 Å². The predicted octanol–water partition coefficient (Wildman–Crippen LogP) is 3.37. The summed E-state index contributed by atoms with van der Waals surface area (Å²) < 4.78 is 0. The Labute approximate surface area is 121 Å². The number of likely N-dealkylation sites (tertiary alicyclic amines) is 1. The number of hydrogen-bond acceptors (Lipinski definition) is 3. The molecule has 0 radical (unpaired) electrons. The first-order valence-corrected chi connectivity index (χ1v) is 8.60. The summed E-state index contributed by atoms with van der Waals surface area (Å²) in [7, 11) is 2.23. The van der Waals surface area contributed by atoms with Gasteiger partial charge in [-0.05, 0) is 77.2 Å². The molecule has 0 spiro atoms. The van der Waals surface area contributed by atoms with E-state index in [-0.39, 0.29) is 0 Å². The summed E-state index contributed by atoms with van der Waals surface area (Å²) in [5.74, 6) is 0. The highest BCUT2D eigenvalue weighted by Gasteiger charge is 2.21. The number of rotatable bonds is 3. The highest BCUT2D eigenvalue weighted by Crippen LogP contribution is 2.33. The molecule has 2 nitrogen and oxygen atoms in total. The molecule has 1 fully saturated rings. The number of hydrogen-bond donors (Lipinski definition) is 1. The molecule has 1 saturated heterocycles. The van der Waals surface area contributed by atoms with Crippen LogP contribution < -0.4 is 5.32 Å². The maximum atomic E-state index is 3.85. The van der Waals surface area contributed by atoms with Crippen LogP contribution in [0.25, 0.3) is 0 Å². The summed E-state index contributed by atoms with van der Waals surface area (Å²) in [5, 5.41) is 3.85. The van der Waals surface area contributed by atoms with Crippen molar-refractivity contribution in [3.63, 3.8) is 0 Å². The molecule has 3 heteroatoms. The van der Waals surface area contributed by atoms with E-state index in [0.717, 1.165) is 0 Å². The Morgan fingerprint density at radius 1 is 1.26 bits per heavy atom. The van der Waals surface area contributed by atoms with E-state index < -0.39 is 0 Å². The molecule has 3 rings (SSSR count). The van der Waals surface area contributed by atoms with Gasteiger partial charge in [0, 0.05) is 21.8 Å². The minimum Gasteiger partial charge on any atom is -0.307 e. The average molecular weight is 278 g/mol. The lowest BCUT2D eigenvalue weighted by Gasteiger charge is -2.31. The van der Waals surface area contributed by atoms with Crippen molar-refractivity contribution < 1.29 is 0 Å². The Hall–Kier alpha value is -0.380. The van der Waals surface area contributed by atoms with Gasteiger partial charge in [-0.3, -0.25) is 0 Å². The summed E-state index contributed by atoms with van der Waals surface area (Å²) in [6.45, 7) is 4.83. The van der Waals surface area contributed by atoms with Crippen molar-refractivity contribution >= 4 is 11.3 Å². The van der Waals surface area contributed by atoms with Gasteiger partial charge in [0.1, 0.15) is 0 Å². The number of nitrogens with zero attached hydrogens (tertiary/aromatic N) is 1. The molecule has 1 aromatic rings. The van der Waals surface area contributed by atoms with Crippen molar-refractivity contribution in [1.82, 2.24) is 10.2 Å². The first-order chi connectivity index (χ1) is 9.22. The summed E-state index contributed by atoms with van der Waals surface area (Å²) in [5.41, 5.74) is 1.64. The third kappa shape index (κ3) is 3.21. The largest absolute Gasteiger partial charge is 0.307 e. The zero-order valence-electron chi connectivity index (χ0n) is 12.2. The van der Waals surface area contributed by atoms with Gasteiger partial charge in [-0.15, -0.1) is 11.3 Å². The van der Waals surface area contributed by atoms with Gasteiger partial charge < -0.3 is 10.2 Å². The van der Waals surface area contributed by atoms with E-state index in [1.54, 1.807) is 15.3 Å². The van der Waals surface area contributed by atoms with Crippen LogP contribution in [0.1, 0.15) is 54.0 Å². The van der Waals surface area contributed by atoms with Gasteiger partial charge in [-0.25, -0.2) is 0 Å². The monoisotopic (exact) mass is 278 g/mol. The first-order valence-electron chi connectivity index (χ1n) is 7.78. The smallest absolute Gasteiger partial charge is 0.0388 e. The first kappa shape index (κ1) is 13.6. The van der Waals surface area contributed by atoms with E-state index in [1.165, 1.54) is 51.6 Å². The molecule has 1 aliphatic carbocycles. The lowest BCUT2D eigenvalue weighted by molar-refractivity contribution is 0.227. The van der Waals surface area contributed by atoms with Crippen molar-refractivity contribution in [2.75, 3.05) is 20.1 Å². The van der Waals surface area contributed by atoms with Gasteiger partial charge in [0.15, 0.2) is 0 Å². The Morgan fingerprint density at radius 2 is 2.00 bits per heavy atom. The van der Waals surface area contributed by atoms with E-state index in [9.17, 15) is 0 Å². The third-order valence-electron chi connectivity index (χ3n) is 4.65. The molecule has 1 aliphatic heterocycles. The minimum absolute atomic E-state index is 0.531. The Bertz CT molecular complexity index is 395. The van der Waals surface area contributed by atoms with Crippen LogP contribution in [0.4, 0.5) is 0 Å². The summed E-state index contributed by atoms with van der Waals surface area (Å²) in [4.78, 5) is 5.66. The van der Waals surface area contributed by atoms with E-state index >= 15 is 0 Å². The molecule has 1 atom stereocenters. The highest BCUT2D eigenvalue weighted by atomic mass is 32.1. The van der Waals surface area contributed by atoms with Crippen LogP contribution in [0.5, 0.6) is 0 Å². The topological polar surface area (TPSA) is 15.3 Å². The number of aryl methyl sites for hydroxylation is 2. The van der Waals surface area contributed by atoms with Crippen molar-refractivity contribution in [2.45, 2.75) is 57.5 Å². The fourth-order valence-corrected chi connectivity index (χ4v) is 4.61. The predicted molar refractivity (Wildman–Crippen MR) is 83.0 cm³/mol. The van der Waals surface area contributed by atoms with Crippen LogP contribution in [0, 0.1) is 0 Å². The molecule has 0 aromatic carbocycles. The van der Waals surface area contributed by atoms with Crippen LogP contribution in [-0.4, -0.2) is 31.1 Å². The van der Waals surface area contributed by atoms with Crippen molar-refractivity contribution in [3.05, 3.63) is 21.4 Å². The van der Waals surface area contributed by atoms with Gasteiger partial charge in [-0.2, -0.15) is 0 Å². The zero-order valence-corrected chi connectivity index (χ0v) is 13.1. The molecule has 2 aliphatic rings. The van der Waals surface area contributed by atoms with E-state index in [4.69, 9.17) is 0 Å². The third-order valence-corrected chi connectivity index (χ3v) is 6.07. The van der Waals surface area contributed by atoms with Crippen molar-refractivity contribution in [3.8, 4) is 0 Å². The Balaban J connectivity index is 1.60. The minimum atomic E-state index is 0.531. The SMILES string of the molecule is CC(NC1CCN(C)CC1)c1cc2c(s1)CCCC2. The number of nitrogens with one attached hydrogen (secondary N) is 1. The maximum Gasteiger partial charge on any atom is 0.0388 e. The lowest BCUT2D eigenvalue weighted by Crippen LogP contribution is -2.41. The molecule has 2 heterocycles. The maximum absolute atomic E-state index is 3.85. The second-order valence-corrected chi connectivity index (χ2v) is 7.44. The van der Waals surface area contributed by atoms with Gasteiger partial charge in [0.05, 0.1) is 0 Å². The molecule has 1 unspecified atom stereocenters. The summed E-state index contributed by atoms with van der Waals surface area (Å²) >= 11 is 2.06. The van der Waals surface area contributed by atoms with Crippen LogP contribution in [-0.2, 0) is 12.8 Å². The van der Waals surface area contributed by atoms with Crippen molar-refractivity contribution in [1.29, 1.82) is 0 Å².